The van der Waals surface area contributed by atoms with Crippen LogP contribution in [0.25, 0.3) is 0 Å². The number of likely N-dealkylation sites (tertiary alicyclic amines) is 2. The maximum Gasteiger partial charge on any atom is 0.254 e. The van der Waals surface area contributed by atoms with Crippen LogP contribution >= 0.6 is 55.1 Å². The van der Waals surface area contributed by atoms with E-state index in [0.717, 1.165) is 4.90 Å². The molecular formula is C23H20Br2Cl2N2O5. The molecule has 34 heavy (non-hydrogen) atoms. The van der Waals surface area contributed by atoms with Gasteiger partial charge >= 0.3 is 0 Å². The molecule has 0 radical (unpaired) electrons. The number of carbonyl (C=O) groups is 4. The van der Waals surface area contributed by atoms with Crippen LogP contribution in [0.3, 0.4) is 0 Å². The number of fused-ring (bicyclic) bond motifs is 4. The molecule has 1 N–H and O–H groups in total. The molecular weight excluding hydrogens is 615 g/mol. The molecule has 11 heteroatoms. The first-order valence-electron chi connectivity index (χ1n) is 10.9. The van der Waals surface area contributed by atoms with E-state index in [4.69, 9.17) is 23.2 Å². The van der Waals surface area contributed by atoms with Crippen molar-refractivity contribution in [2.24, 2.45) is 17.8 Å². The van der Waals surface area contributed by atoms with E-state index in [0.29, 0.717) is 22.0 Å². The average Bonchev–Trinajstić information content (AvgIpc) is 3.13. The van der Waals surface area contributed by atoms with Crippen LogP contribution in [0.4, 0.5) is 0 Å². The van der Waals surface area contributed by atoms with Gasteiger partial charge in [0.25, 0.3) is 11.8 Å². The van der Waals surface area contributed by atoms with Gasteiger partial charge in [-0.1, -0.05) is 43.5 Å². The summed E-state index contributed by atoms with van der Waals surface area (Å²) >= 11 is 20.8. The first-order chi connectivity index (χ1) is 16.0. The Kier molecular flexibility index (Phi) is 5.75. The Morgan fingerprint density at radius 1 is 1.09 bits per heavy atom. The van der Waals surface area contributed by atoms with E-state index in [1.807, 2.05) is 6.08 Å². The Labute approximate surface area is 222 Å². The van der Waals surface area contributed by atoms with Gasteiger partial charge in [0, 0.05) is 22.5 Å². The van der Waals surface area contributed by atoms with Crippen molar-refractivity contribution < 1.29 is 24.3 Å². The summed E-state index contributed by atoms with van der Waals surface area (Å²) in [6, 6.07) is 4.76. The van der Waals surface area contributed by atoms with Crippen molar-refractivity contribution in [2.45, 2.75) is 35.4 Å². The third-order valence-corrected chi connectivity index (χ3v) is 10.1. The summed E-state index contributed by atoms with van der Waals surface area (Å²) in [5.74, 6) is -4.81. The summed E-state index contributed by atoms with van der Waals surface area (Å²) in [5, 5.41) is 10.8. The van der Waals surface area contributed by atoms with Crippen molar-refractivity contribution >= 4 is 78.7 Å². The number of aromatic hydroxyl groups is 1. The van der Waals surface area contributed by atoms with Crippen LogP contribution in [0.1, 0.15) is 31.2 Å². The van der Waals surface area contributed by atoms with Crippen molar-refractivity contribution in [3.05, 3.63) is 39.9 Å². The molecule has 2 saturated heterocycles. The van der Waals surface area contributed by atoms with Crippen LogP contribution in [0, 0.1) is 17.8 Å². The molecule has 1 aromatic carbocycles. The van der Waals surface area contributed by atoms with Gasteiger partial charge in [-0.25, -0.2) is 0 Å². The number of alkyl halides is 3. The molecule has 6 atom stereocenters. The van der Waals surface area contributed by atoms with E-state index >= 15 is 0 Å². The average molecular weight is 635 g/mol. The number of hydrogen-bond donors (Lipinski definition) is 1. The predicted octanol–water partition coefficient (Wildman–Crippen LogP) is 3.89. The van der Waals surface area contributed by atoms with Crippen LogP contribution in [0.5, 0.6) is 5.75 Å². The quantitative estimate of drug-likeness (QED) is 0.236. The molecule has 0 aromatic heterocycles. The number of carbonyl (C=O) groups excluding carboxylic acids is 4. The fraction of sp³-hybridized carbons (Fsp3) is 0.478. The standard InChI is InChI=1S/C23H20Br2Cl2N2O5/c1-2-28-18(31)12-5-4-11-14(16(12)19(28)32)8-22(26)20(33)29(9-24)21(34)23(22,27)17(11)13-7-10(25)3-6-15(13)30/h3-4,6-7,12,14,16-17,30H,2,5,8-9H2,1H3/t12-,14+,16-,17+,22+,23-/m0/s1. The Hall–Kier alpha value is -1.42. The highest BCUT2D eigenvalue weighted by Gasteiger charge is 2.76. The van der Waals surface area contributed by atoms with Crippen LogP contribution in [0.2, 0.25) is 0 Å². The minimum Gasteiger partial charge on any atom is -0.508 e. The van der Waals surface area contributed by atoms with Gasteiger partial charge in [0.15, 0.2) is 9.75 Å². The smallest absolute Gasteiger partial charge is 0.254 e. The first kappa shape index (κ1) is 24.3. The van der Waals surface area contributed by atoms with Crippen molar-refractivity contribution in [2.75, 3.05) is 12.0 Å². The molecule has 2 aliphatic heterocycles. The summed E-state index contributed by atoms with van der Waals surface area (Å²) < 4.78 is 0.635. The van der Waals surface area contributed by atoms with E-state index < -0.39 is 45.2 Å². The van der Waals surface area contributed by atoms with E-state index in [1.54, 1.807) is 19.1 Å². The second kappa shape index (κ2) is 8.05. The van der Waals surface area contributed by atoms with E-state index in [1.165, 1.54) is 11.0 Å². The zero-order chi connectivity index (χ0) is 24.7. The number of benzene rings is 1. The number of halogens is 4. The summed E-state index contributed by atoms with van der Waals surface area (Å²) in [6.45, 7) is 1.99. The van der Waals surface area contributed by atoms with Gasteiger partial charge in [0.1, 0.15) is 5.75 Å². The number of nitrogens with zero attached hydrogens (tertiary/aromatic N) is 2. The highest BCUT2D eigenvalue weighted by molar-refractivity contribution is 9.10. The Balaban J connectivity index is 1.76. The SMILES string of the molecule is CCN1C(=O)[C@H]2[C@H](CC=C3[C@H]2C[C@@]2(Cl)C(=O)N(CBr)C(=O)[C@@]2(Cl)[C@H]3c2cc(Br)ccc2O)C1=O. The number of imide groups is 2. The lowest BCUT2D eigenvalue weighted by molar-refractivity contribution is -0.141. The third-order valence-electron chi connectivity index (χ3n) is 7.72. The second-order valence-electron chi connectivity index (χ2n) is 9.11. The monoisotopic (exact) mass is 632 g/mol. The number of amides is 4. The van der Waals surface area contributed by atoms with Gasteiger partial charge in [-0.05, 0) is 43.9 Å². The zero-order valence-corrected chi connectivity index (χ0v) is 22.6. The molecule has 180 valence electrons. The molecule has 0 bridgehead atoms. The Morgan fingerprint density at radius 3 is 2.44 bits per heavy atom. The van der Waals surface area contributed by atoms with Crippen LogP contribution in [0.15, 0.2) is 34.3 Å². The number of rotatable bonds is 3. The van der Waals surface area contributed by atoms with Crippen LogP contribution < -0.4 is 0 Å². The summed E-state index contributed by atoms with van der Waals surface area (Å²) in [6.07, 6.45) is 2.08. The molecule has 4 aliphatic rings. The first-order valence-corrected chi connectivity index (χ1v) is 13.5. The number of phenolic OH excluding ortho intramolecular Hbond substituents is 1. The van der Waals surface area contributed by atoms with Gasteiger partial charge < -0.3 is 5.11 Å². The fourth-order valence-corrected chi connectivity index (χ4v) is 8.03. The van der Waals surface area contributed by atoms with Crippen molar-refractivity contribution in [3.8, 4) is 5.75 Å². The summed E-state index contributed by atoms with van der Waals surface area (Å²) in [7, 11) is 0. The highest BCUT2D eigenvalue weighted by Crippen LogP contribution is 2.66. The van der Waals surface area contributed by atoms with Gasteiger partial charge in [0.05, 0.1) is 17.3 Å². The maximum atomic E-state index is 13.6. The largest absolute Gasteiger partial charge is 0.508 e. The molecule has 2 aliphatic carbocycles. The minimum absolute atomic E-state index is 0.0685. The number of allylic oxidation sites excluding steroid dienone is 2. The number of phenols is 1. The molecule has 4 amide bonds. The topological polar surface area (TPSA) is 95.0 Å². The molecule has 0 unspecified atom stereocenters. The van der Waals surface area contributed by atoms with Crippen molar-refractivity contribution in [1.29, 1.82) is 0 Å². The zero-order valence-electron chi connectivity index (χ0n) is 17.9. The predicted molar refractivity (Wildman–Crippen MR) is 132 cm³/mol. The summed E-state index contributed by atoms with van der Waals surface area (Å²) in [4.78, 5) is 51.8. The molecule has 5 rings (SSSR count). The van der Waals surface area contributed by atoms with E-state index in [-0.39, 0.29) is 36.0 Å². The van der Waals surface area contributed by atoms with Crippen LogP contribution in [-0.2, 0) is 19.2 Å². The molecule has 3 fully saturated rings. The molecule has 2 heterocycles. The fourth-order valence-electron chi connectivity index (χ4n) is 6.23. The second-order valence-corrected chi connectivity index (χ2v) is 11.8. The van der Waals surface area contributed by atoms with E-state index in [2.05, 4.69) is 31.9 Å². The number of hydrogen-bond acceptors (Lipinski definition) is 5. The molecule has 1 aromatic rings. The minimum atomic E-state index is -1.93. The van der Waals surface area contributed by atoms with E-state index in [9.17, 15) is 24.3 Å². The molecule has 7 nitrogen and oxygen atoms in total. The molecule has 1 saturated carbocycles. The van der Waals surface area contributed by atoms with Gasteiger partial charge in [0.2, 0.25) is 11.8 Å². The van der Waals surface area contributed by atoms with Gasteiger partial charge in [-0.15, -0.1) is 23.2 Å². The van der Waals surface area contributed by atoms with Crippen molar-refractivity contribution in [1.82, 2.24) is 9.80 Å². The van der Waals surface area contributed by atoms with Gasteiger partial charge in [-0.2, -0.15) is 0 Å². The maximum absolute atomic E-state index is 13.6. The lowest BCUT2D eigenvalue weighted by Crippen LogP contribution is -2.60. The van der Waals surface area contributed by atoms with Crippen molar-refractivity contribution in [3.63, 3.8) is 0 Å². The lowest BCUT2D eigenvalue weighted by Gasteiger charge is -2.50. The third kappa shape index (κ3) is 2.87. The highest BCUT2D eigenvalue weighted by atomic mass is 79.9. The Bertz CT molecular complexity index is 1190. The van der Waals surface area contributed by atoms with Crippen LogP contribution in [-0.4, -0.2) is 60.3 Å². The normalized spacial score (nSPS) is 37.0. The van der Waals surface area contributed by atoms with Gasteiger partial charge in [-0.3, -0.25) is 29.0 Å². The lowest BCUT2D eigenvalue weighted by atomic mass is 9.56. The molecule has 0 spiro atoms. The summed E-state index contributed by atoms with van der Waals surface area (Å²) in [5.41, 5.74) is 0.879. The Morgan fingerprint density at radius 2 is 1.79 bits per heavy atom.